The van der Waals surface area contributed by atoms with Crippen LogP contribution in [0.5, 0.6) is 0 Å². The molecule has 1 aliphatic carbocycles. The smallest absolute Gasteiger partial charge is 0.303 e. The van der Waals surface area contributed by atoms with Gasteiger partial charge in [-0.2, -0.15) is 0 Å². The summed E-state index contributed by atoms with van der Waals surface area (Å²) in [6, 6.07) is 17.6. The second kappa shape index (κ2) is 11.8. The van der Waals surface area contributed by atoms with E-state index in [4.69, 9.17) is 5.73 Å². The Morgan fingerprint density at radius 1 is 1.08 bits per heavy atom. The molecule has 0 radical (unpaired) electrons. The van der Waals surface area contributed by atoms with Crippen LogP contribution in [0.3, 0.4) is 0 Å². The minimum Gasteiger partial charge on any atom is -0.481 e. The number of benzene rings is 2. The van der Waals surface area contributed by atoms with Crippen LogP contribution in [0.4, 0.5) is 0 Å². The molecule has 7 heteroatoms. The molecule has 2 aromatic rings. The molecule has 2 aromatic carbocycles. The molecular weight excluding hydrogens is 478 g/mol. The standard InChI is InChI=1S/C31H41N3O4/c1-30(2,32)29(38)34-25(14-8-11-21-9-4-3-5-10-21)28(37)27-23(15-16-26(35)36)22-12-6-7-13-24(22)31(27)17-19-33-20-18-31/h3-7,9-10,12-13,23,25,27,33H,8,11,14-20,32H2,1-2H3,(H,34,38)(H,35,36)/t23?,25-,27+/m1/s1. The molecule has 1 aliphatic heterocycles. The van der Waals surface area contributed by atoms with Gasteiger partial charge in [0.25, 0.3) is 0 Å². The van der Waals surface area contributed by atoms with E-state index in [1.807, 2.05) is 30.3 Å². The molecule has 4 rings (SSSR count). The summed E-state index contributed by atoms with van der Waals surface area (Å²) >= 11 is 0. The Bertz CT molecular complexity index is 1140. The van der Waals surface area contributed by atoms with Gasteiger partial charge in [-0.15, -0.1) is 0 Å². The van der Waals surface area contributed by atoms with Crippen molar-refractivity contribution in [3.05, 3.63) is 71.3 Å². The third-order valence-electron chi connectivity index (χ3n) is 8.40. The number of aryl methyl sites for hydroxylation is 1. The fraction of sp³-hybridized carbons (Fsp3) is 0.516. The van der Waals surface area contributed by atoms with Crippen LogP contribution >= 0.6 is 0 Å². The summed E-state index contributed by atoms with van der Waals surface area (Å²) in [5.41, 5.74) is 8.07. The highest BCUT2D eigenvalue weighted by Crippen LogP contribution is 2.57. The van der Waals surface area contributed by atoms with Gasteiger partial charge in [0.05, 0.1) is 11.6 Å². The molecule has 0 saturated carbocycles. The van der Waals surface area contributed by atoms with Crippen LogP contribution in [0.25, 0.3) is 0 Å². The van der Waals surface area contributed by atoms with E-state index in [1.54, 1.807) is 13.8 Å². The highest BCUT2D eigenvalue weighted by Gasteiger charge is 2.56. The molecule has 1 amide bonds. The number of carbonyl (C=O) groups excluding carboxylic acids is 2. The quantitative estimate of drug-likeness (QED) is 0.359. The number of carbonyl (C=O) groups is 3. The maximum absolute atomic E-state index is 14.6. The molecule has 2 aliphatic rings. The SMILES string of the molecule is CC(C)(N)C(=O)N[C@H](CCCc1ccccc1)C(=O)[C@@H]1C(CCC(=O)O)c2ccccc2C12CCNCC2. The number of nitrogens with one attached hydrogen (secondary N) is 2. The van der Waals surface area contributed by atoms with Gasteiger partial charge in [0.15, 0.2) is 5.78 Å². The molecule has 1 unspecified atom stereocenters. The fourth-order valence-electron chi connectivity index (χ4n) is 6.53. The van der Waals surface area contributed by atoms with E-state index in [1.165, 1.54) is 11.1 Å². The molecule has 0 bridgehead atoms. The average molecular weight is 520 g/mol. The zero-order valence-electron chi connectivity index (χ0n) is 22.5. The third kappa shape index (κ3) is 6.00. The first-order valence-corrected chi connectivity index (χ1v) is 13.8. The van der Waals surface area contributed by atoms with Gasteiger partial charge in [-0.1, -0.05) is 54.6 Å². The Kier molecular flexibility index (Phi) is 8.68. The molecule has 5 N–H and O–H groups in total. The molecule has 3 atom stereocenters. The summed E-state index contributed by atoms with van der Waals surface area (Å²) in [5, 5.41) is 16.0. The number of hydrogen-bond donors (Lipinski definition) is 4. The van der Waals surface area contributed by atoms with Crippen molar-refractivity contribution in [3.63, 3.8) is 0 Å². The van der Waals surface area contributed by atoms with Gasteiger partial charge in [0.1, 0.15) is 0 Å². The second-order valence-electron chi connectivity index (χ2n) is 11.5. The number of hydrogen-bond acceptors (Lipinski definition) is 5. The minimum atomic E-state index is -1.12. The second-order valence-corrected chi connectivity index (χ2v) is 11.5. The van der Waals surface area contributed by atoms with E-state index in [9.17, 15) is 19.5 Å². The zero-order chi connectivity index (χ0) is 27.3. The van der Waals surface area contributed by atoms with Crippen molar-refractivity contribution in [2.45, 2.75) is 81.7 Å². The van der Waals surface area contributed by atoms with E-state index in [0.717, 1.165) is 44.3 Å². The topological polar surface area (TPSA) is 122 Å². The summed E-state index contributed by atoms with van der Waals surface area (Å²) in [5.74, 6) is -1.81. The first-order valence-electron chi connectivity index (χ1n) is 13.8. The fourth-order valence-corrected chi connectivity index (χ4v) is 6.53. The van der Waals surface area contributed by atoms with Gasteiger partial charge >= 0.3 is 5.97 Å². The largest absolute Gasteiger partial charge is 0.481 e. The Balaban J connectivity index is 1.68. The highest BCUT2D eigenvalue weighted by atomic mass is 16.4. The summed E-state index contributed by atoms with van der Waals surface area (Å²) in [6.07, 6.45) is 4.04. The number of piperidine rings is 1. The van der Waals surface area contributed by atoms with Crippen molar-refractivity contribution in [2.75, 3.05) is 13.1 Å². The molecule has 204 valence electrons. The predicted molar refractivity (Wildman–Crippen MR) is 148 cm³/mol. The lowest BCUT2D eigenvalue weighted by atomic mass is 9.63. The summed E-state index contributed by atoms with van der Waals surface area (Å²) in [7, 11) is 0. The summed E-state index contributed by atoms with van der Waals surface area (Å²) < 4.78 is 0. The molecule has 0 aromatic heterocycles. The van der Waals surface area contributed by atoms with Crippen molar-refractivity contribution in [2.24, 2.45) is 11.7 Å². The van der Waals surface area contributed by atoms with Crippen LogP contribution in [0, 0.1) is 5.92 Å². The molecule has 1 heterocycles. The van der Waals surface area contributed by atoms with Gasteiger partial charge in [-0.05, 0) is 88.1 Å². The lowest BCUT2D eigenvalue weighted by Crippen LogP contribution is -2.57. The van der Waals surface area contributed by atoms with E-state index >= 15 is 0 Å². The monoisotopic (exact) mass is 519 g/mol. The van der Waals surface area contributed by atoms with E-state index < -0.39 is 23.5 Å². The van der Waals surface area contributed by atoms with Gasteiger partial charge in [-0.3, -0.25) is 14.4 Å². The molecule has 1 fully saturated rings. The third-order valence-corrected chi connectivity index (χ3v) is 8.40. The zero-order valence-corrected chi connectivity index (χ0v) is 22.5. The van der Waals surface area contributed by atoms with Gasteiger partial charge in [0.2, 0.25) is 5.91 Å². The van der Waals surface area contributed by atoms with Crippen molar-refractivity contribution in [1.82, 2.24) is 10.6 Å². The van der Waals surface area contributed by atoms with Crippen LogP contribution < -0.4 is 16.4 Å². The first kappa shape index (κ1) is 28.0. The molecule has 38 heavy (non-hydrogen) atoms. The van der Waals surface area contributed by atoms with Gasteiger partial charge in [-0.25, -0.2) is 0 Å². The lowest BCUT2D eigenvalue weighted by Gasteiger charge is -2.42. The van der Waals surface area contributed by atoms with Gasteiger partial charge in [0, 0.05) is 17.8 Å². The summed E-state index contributed by atoms with van der Waals surface area (Å²) in [6.45, 7) is 4.88. The number of amides is 1. The number of nitrogens with two attached hydrogens (primary N) is 1. The van der Waals surface area contributed by atoms with Gasteiger partial charge < -0.3 is 21.5 Å². The lowest BCUT2D eigenvalue weighted by molar-refractivity contribution is -0.138. The van der Waals surface area contributed by atoms with Crippen LogP contribution in [-0.4, -0.2) is 47.4 Å². The number of aliphatic carboxylic acids is 1. The van der Waals surface area contributed by atoms with Crippen LogP contribution in [-0.2, 0) is 26.2 Å². The Morgan fingerprint density at radius 3 is 2.39 bits per heavy atom. The molecular formula is C31H41N3O4. The number of carboxylic acid groups (broad SMARTS) is 1. The number of carboxylic acids is 1. The molecule has 1 saturated heterocycles. The number of Topliss-reactive ketones (excluding diaryl/α,β-unsaturated/α-hetero) is 1. The predicted octanol–water partition coefficient (Wildman–Crippen LogP) is 3.70. The number of ketones is 1. The number of rotatable bonds is 11. The van der Waals surface area contributed by atoms with E-state index in [2.05, 4.69) is 34.9 Å². The van der Waals surface area contributed by atoms with Crippen molar-refractivity contribution in [1.29, 1.82) is 0 Å². The number of fused-ring (bicyclic) bond motifs is 2. The van der Waals surface area contributed by atoms with E-state index in [0.29, 0.717) is 12.8 Å². The Labute approximate surface area is 225 Å². The molecule has 1 spiro atoms. The summed E-state index contributed by atoms with van der Waals surface area (Å²) in [4.78, 5) is 39.3. The average Bonchev–Trinajstić information content (AvgIpc) is 3.15. The Morgan fingerprint density at radius 2 is 1.74 bits per heavy atom. The van der Waals surface area contributed by atoms with Crippen molar-refractivity contribution < 1.29 is 19.5 Å². The highest BCUT2D eigenvalue weighted by molar-refractivity contribution is 5.95. The van der Waals surface area contributed by atoms with E-state index in [-0.39, 0.29) is 29.4 Å². The van der Waals surface area contributed by atoms with Crippen LogP contribution in [0.15, 0.2) is 54.6 Å². The maximum atomic E-state index is 14.6. The Hall–Kier alpha value is -3.03. The van der Waals surface area contributed by atoms with Crippen molar-refractivity contribution in [3.8, 4) is 0 Å². The normalized spacial score (nSPS) is 21.0. The first-order chi connectivity index (χ1) is 18.1. The molecule has 7 nitrogen and oxygen atoms in total. The minimum absolute atomic E-state index is 0.00201. The van der Waals surface area contributed by atoms with Crippen LogP contribution in [0.1, 0.15) is 75.0 Å². The maximum Gasteiger partial charge on any atom is 0.303 e. The van der Waals surface area contributed by atoms with Crippen LogP contribution in [0.2, 0.25) is 0 Å². The van der Waals surface area contributed by atoms with Crippen molar-refractivity contribution >= 4 is 17.7 Å².